The molecule has 2 saturated heterocycles. The molecule has 2 rings (SSSR count). The average molecular weight is 980 g/mol. The van der Waals surface area contributed by atoms with Gasteiger partial charge in [0, 0.05) is 0 Å². The normalized spacial score (nSPS) is 27.2. The van der Waals surface area contributed by atoms with Crippen LogP contribution in [0.1, 0.15) is 219 Å². The molecule has 1 amide bonds. The van der Waals surface area contributed by atoms with E-state index in [0.717, 1.165) is 51.4 Å². The summed E-state index contributed by atoms with van der Waals surface area (Å²) in [6.07, 6.45) is 15.1. The van der Waals surface area contributed by atoms with Gasteiger partial charge in [0.15, 0.2) is 12.6 Å². The number of amides is 1. The smallest absolute Gasteiger partial charge is 0.249 e. The maximum absolute atomic E-state index is 13.4. The van der Waals surface area contributed by atoms with Crippen molar-refractivity contribution in [3.05, 3.63) is 0 Å². The zero-order valence-electron chi connectivity index (χ0n) is 42.3. The Morgan fingerprint density at radius 3 is 1.26 bits per heavy atom. The molecule has 68 heavy (non-hydrogen) atoms. The van der Waals surface area contributed by atoms with Crippen LogP contribution in [0.4, 0.5) is 0 Å². The predicted molar refractivity (Wildman–Crippen MR) is 261 cm³/mol. The highest BCUT2D eigenvalue weighted by Gasteiger charge is 2.51. The monoisotopic (exact) mass is 980 g/mol. The van der Waals surface area contributed by atoms with Crippen molar-refractivity contribution < 1.29 is 74.8 Å². The van der Waals surface area contributed by atoms with E-state index in [1.807, 2.05) is 0 Å². The first-order chi connectivity index (χ1) is 32.9. The van der Waals surface area contributed by atoms with E-state index >= 15 is 0 Å². The molecule has 0 unspecified atom stereocenters. The van der Waals surface area contributed by atoms with Crippen molar-refractivity contribution in [2.45, 2.75) is 305 Å². The van der Waals surface area contributed by atoms with Gasteiger partial charge < -0.3 is 75.3 Å². The molecular formula is C52H101NO15. The number of aliphatic hydroxyl groups excluding tert-OH is 10. The molecule has 0 aliphatic carbocycles. The van der Waals surface area contributed by atoms with Crippen molar-refractivity contribution in [2.75, 3.05) is 19.8 Å². The summed E-state index contributed by atoms with van der Waals surface area (Å²) in [5.74, 6) is -0.774. The number of aliphatic hydroxyl groups is 10. The summed E-state index contributed by atoms with van der Waals surface area (Å²) in [6.45, 7) is 2.39. The Morgan fingerprint density at radius 1 is 0.485 bits per heavy atom. The quantitative estimate of drug-likeness (QED) is 0.0327. The van der Waals surface area contributed by atoms with E-state index in [9.17, 15) is 55.9 Å². The molecule has 0 radical (unpaired) electrons. The third-order valence-electron chi connectivity index (χ3n) is 14.0. The summed E-state index contributed by atoms with van der Waals surface area (Å²) < 4.78 is 22.9. The second kappa shape index (κ2) is 39.4. The molecule has 16 heteroatoms. The lowest BCUT2D eigenvalue weighted by atomic mass is 9.97. The van der Waals surface area contributed by atoms with Crippen molar-refractivity contribution in [2.24, 2.45) is 0 Å². The van der Waals surface area contributed by atoms with E-state index in [1.54, 1.807) is 0 Å². The molecule has 2 fully saturated rings. The number of carbonyl (C=O) groups is 1. The molecule has 0 spiro atoms. The second-order valence-electron chi connectivity index (χ2n) is 20.0. The van der Waals surface area contributed by atoms with Crippen molar-refractivity contribution in [1.29, 1.82) is 0 Å². The SMILES string of the molecule is CCCCCCCCCCCCCCCCCCCCCC[C@@H](O)C(=O)N[C@@H](CO[C@H]1O[C@H](CO)[C@H](O)[C@H](O)[C@H]1O[C@H]1O[C@H](CO)[C@H](O)[C@H](O)[C@H]1O)[C@H](O)[C@H](O)CCCCCCCCCCCC. The van der Waals surface area contributed by atoms with Crippen LogP contribution >= 0.6 is 0 Å². The Labute approximate surface area is 409 Å². The predicted octanol–water partition coefficient (Wildman–Crippen LogP) is 5.72. The summed E-state index contributed by atoms with van der Waals surface area (Å²) in [5, 5.41) is 109. The minimum Gasteiger partial charge on any atom is -0.394 e. The fraction of sp³-hybridized carbons (Fsp3) is 0.981. The molecule has 16 nitrogen and oxygen atoms in total. The Balaban J connectivity index is 1.89. The summed E-state index contributed by atoms with van der Waals surface area (Å²) >= 11 is 0. The Morgan fingerprint density at radius 2 is 0.853 bits per heavy atom. The summed E-state index contributed by atoms with van der Waals surface area (Å²) in [5.41, 5.74) is 0. The molecular weight excluding hydrogens is 879 g/mol. The van der Waals surface area contributed by atoms with Gasteiger partial charge in [0.2, 0.25) is 5.91 Å². The zero-order chi connectivity index (χ0) is 49.9. The maximum atomic E-state index is 13.4. The third-order valence-corrected chi connectivity index (χ3v) is 14.0. The Bertz CT molecular complexity index is 1190. The minimum absolute atomic E-state index is 0.193. The Hall–Kier alpha value is -1.09. The van der Waals surface area contributed by atoms with Crippen LogP contribution in [0.5, 0.6) is 0 Å². The molecule has 11 N–H and O–H groups in total. The van der Waals surface area contributed by atoms with Crippen LogP contribution in [-0.4, -0.2) is 163 Å². The van der Waals surface area contributed by atoms with Crippen molar-refractivity contribution in [1.82, 2.24) is 5.32 Å². The largest absolute Gasteiger partial charge is 0.394 e. The maximum Gasteiger partial charge on any atom is 0.249 e. The summed E-state index contributed by atoms with van der Waals surface area (Å²) in [7, 11) is 0. The number of unbranched alkanes of at least 4 members (excludes halogenated alkanes) is 28. The van der Waals surface area contributed by atoms with Crippen LogP contribution in [-0.2, 0) is 23.7 Å². The molecule has 0 aromatic carbocycles. The first-order valence-corrected chi connectivity index (χ1v) is 27.5. The molecule has 0 aromatic rings. The molecule has 2 aliphatic rings. The third kappa shape index (κ3) is 25.5. The zero-order valence-corrected chi connectivity index (χ0v) is 42.3. The number of rotatable bonds is 43. The van der Waals surface area contributed by atoms with E-state index in [1.165, 1.54) is 128 Å². The number of ether oxygens (including phenoxy) is 4. The molecule has 0 saturated carbocycles. The fourth-order valence-electron chi connectivity index (χ4n) is 9.38. The van der Waals surface area contributed by atoms with E-state index in [2.05, 4.69) is 19.2 Å². The number of carbonyl (C=O) groups excluding carboxylic acids is 1. The standard InChI is InChI=1S/C52H101NO15/c1-3-5-7-9-11-13-15-16-17-18-19-20-21-22-23-24-26-28-30-32-34-40(57)50(64)53-38(43(58)39(56)33-31-29-27-25-14-12-10-8-6-4-2)37-65-52-49(47(62)45(60)42(36-55)67-52)68-51-48(63)46(61)44(59)41(35-54)66-51/h38-49,51-52,54-63H,3-37H2,1-2H3,(H,53,64)/t38-,39+,40+,41+,42+,43-,44-,45-,46-,47-,48+,49+,51+,52-/m0/s1. The molecule has 0 bridgehead atoms. The van der Waals surface area contributed by atoms with Crippen molar-refractivity contribution >= 4 is 5.91 Å². The van der Waals surface area contributed by atoms with Crippen LogP contribution in [0.2, 0.25) is 0 Å². The highest BCUT2D eigenvalue weighted by molar-refractivity contribution is 5.80. The number of nitrogens with one attached hydrogen (secondary N) is 1. The first-order valence-electron chi connectivity index (χ1n) is 27.5. The Kier molecular flexibility index (Phi) is 36.6. The highest BCUT2D eigenvalue weighted by atomic mass is 16.8. The van der Waals surface area contributed by atoms with Crippen LogP contribution < -0.4 is 5.32 Å². The average Bonchev–Trinajstić information content (AvgIpc) is 3.34. The van der Waals surface area contributed by atoms with Gasteiger partial charge in [-0.3, -0.25) is 4.79 Å². The van der Waals surface area contributed by atoms with Gasteiger partial charge in [-0.05, 0) is 12.8 Å². The number of hydrogen-bond donors (Lipinski definition) is 11. The molecule has 2 aliphatic heterocycles. The van der Waals surface area contributed by atoms with E-state index in [4.69, 9.17) is 18.9 Å². The van der Waals surface area contributed by atoms with Crippen molar-refractivity contribution in [3.8, 4) is 0 Å². The minimum atomic E-state index is -1.87. The topological polar surface area (TPSA) is 268 Å². The van der Waals surface area contributed by atoms with Gasteiger partial charge >= 0.3 is 0 Å². The molecule has 2 heterocycles. The van der Waals surface area contributed by atoms with Gasteiger partial charge in [-0.15, -0.1) is 0 Å². The first kappa shape index (κ1) is 63.0. The van der Waals surface area contributed by atoms with Gasteiger partial charge in [0.05, 0.1) is 32.0 Å². The molecule has 0 aromatic heterocycles. The highest BCUT2D eigenvalue weighted by Crippen LogP contribution is 2.30. The molecule has 404 valence electrons. The summed E-state index contributed by atoms with van der Waals surface area (Å²) in [4.78, 5) is 13.4. The van der Waals surface area contributed by atoms with Gasteiger partial charge in [0.25, 0.3) is 0 Å². The van der Waals surface area contributed by atoms with Gasteiger partial charge in [0.1, 0.15) is 61.0 Å². The summed E-state index contributed by atoms with van der Waals surface area (Å²) in [6, 6.07) is -1.31. The fourth-order valence-corrected chi connectivity index (χ4v) is 9.38. The van der Waals surface area contributed by atoms with Gasteiger partial charge in [-0.2, -0.15) is 0 Å². The van der Waals surface area contributed by atoms with Crippen molar-refractivity contribution in [3.63, 3.8) is 0 Å². The number of hydrogen-bond acceptors (Lipinski definition) is 15. The van der Waals surface area contributed by atoms with Crippen LogP contribution in [0.25, 0.3) is 0 Å². The van der Waals surface area contributed by atoms with E-state index in [0.29, 0.717) is 12.8 Å². The lowest BCUT2D eigenvalue weighted by Gasteiger charge is -2.46. The van der Waals surface area contributed by atoms with Crippen LogP contribution in [0.15, 0.2) is 0 Å². The van der Waals surface area contributed by atoms with Gasteiger partial charge in [-0.1, -0.05) is 206 Å². The molecule has 14 atom stereocenters. The second-order valence-corrected chi connectivity index (χ2v) is 20.0. The lowest BCUT2D eigenvalue weighted by molar-refractivity contribution is -0.368. The van der Waals surface area contributed by atoms with Gasteiger partial charge in [-0.25, -0.2) is 0 Å². The van der Waals surface area contributed by atoms with E-state index < -0.39 is 111 Å². The van der Waals surface area contributed by atoms with Crippen LogP contribution in [0, 0.1) is 0 Å². The lowest BCUT2D eigenvalue weighted by Crippen LogP contribution is -2.65. The van der Waals surface area contributed by atoms with E-state index in [-0.39, 0.29) is 12.8 Å². The van der Waals surface area contributed by atoms with Crippen LogP contribution in [0.3, 0.4) is 0 Å².